The molecule has 0 N–H and O–H groups in total. The normalized spacial score (nSPS) is 20.6. The predicted octanol–water partition coefficient (Wildman–Crippen LogP) is 11.9. The summed E-state index contributed by atoms with van der Waals surface area (Å²) < 4.78 is 8.98. The van der Waals surface area contributed by atoms with Crippen molar-refractivity contribution in [1.29, 1.82) is 0 Å². The van der Waals surface area contributed by atoms with Gasteiger partial charge in [0.2, 0.25) is 0 Å². The van der Waals surface area contributed by atoms with E-state index < -0.39 is 0 Å². The molecule has 0 radical (unpaired) electrons. The first kappa shape index (κ1) is 32.7. The molecule has 0 aromatic carbocycles. The molecular weight excluding hydrogens is 761 g/mol. The van der Waals surface area contributed by atoms with Crippen LogP contribution in [-0.2, 0) is 9.59 Å². The van der Waals surface area contributed by atoms with Gasteiger partial charge < -0.3 is 0 Å². The third kappa shape index (κ3) is 8.46. The largest absolute Gasteiger partial charge is 0.288 e. The molecule has 0 bridgehead atoms. The Bertz CT molecular complexity index is 1040. The Labute approximate surface area is 277 Å². The summed E-state index contributed by atoms with van der Waals surface area (Å²) in [5.41, 5.74) is 1.30. The highest BCUT2D eigenvalue weighted by Gasteiger charge is 2.36. The van der Waals surface area contributed by atoms with Gasteiger partial charge in [-0.1, -0.05) is 99.4 Å². The Kier molecular flexibility index (Phi) is 14.3. The summed E-state index contributed by atoms with van der Waals surface area (Å²) in [5.74, 6) is 3.35. The summed E-state index contributed by atoms with van der Waals surface area (Å²) >= 11 is 21.8. The van der Waals surface area contributed by atoms with Gasteiger partial charge in [-0.05, 0) is 56.2 Å². The number of ketones is 2. The summed E-state index contributed by atoms with van der Waals surface area (Å²) in [6, 6.07) is 0. The molecule has 3 aliphatic heterocycles. The zero-order valence-electron chi connectivity index (χ0n) is 21.3. The molecule has 4 rings (SSSR count). The van der Waals surface area contributed by atoms with Crippen molar-refractivity contribution in [3.05, 3.63) is 45.5 Å². The molecule has 0 saturated carbocycles. The summed E-state index contributed by atoms with van der Waals surface area (Å²) in [4.78, 5) is 25.8. The van der Waals surface area contributed by atoms with Crippen LogP contribution in [0, 0.1) is 0 Å². The fourth-order valence-electron chi connectivity index (χ4n) is 3.77. The van der Waals surface area contributed by atoms with Crippen molar-refractivity contribution < 1.29 is 9.59 Å². The second-order valence-corrected chi connectivity index (χ2v) is 20.2. The third-order valence-electron chi connectivity index (χ3n) is 5.90. The number of allylic oxidation sites excluding steroid dienone is 2. The minimum absolute atomic E-state index is 0.0647. The highest BCUT2D eigenvalue weighted by atomic mass is 79.9. The van der Waals surface area contributed by atoms with Crippen molar-refractivity contribution in [2.75, 3.05) is 23.0 Å². The first-order valence-corrected chi connectivity index (χ1v) is 21.6. The Morgan fingerprint density at radius 3 is 1.45 bits per heavy atom. The molecule has 208 valence electrons. The Morgan fingerprint density at radius 2 is 1.03 bits per heavy atom. The van der Waals surface area contributed by atoms with E-state index in [1.54, 1.807) is 23.5 Å². The van der Waals surface area contributed by atoms with Gasteiger partial charge in [0.15, 0.2) is 11.6 Å². The maximum Gasteiger partial charge on any atom is 0.198 e. The van der Waals surface area contributed by atoms with Crippen LogP contribution in [0.4, 0.5) is 0 Å². The van der Waals surface area contributed by atoms with Crippen molar-refractivity contribution in [2.45, 2.75) is 65.2 Å². The van der Waals surface area contributed by atoms with Crippen LogP contribution in [0.1, 0.15) is 65.2 Å². The molecule has 0 aromatic heterocycles. The molecule has 0 atom stereocenters. The third-order valence-corrected chi connectivity index (χ3v) is 19.7. The van der Waals surface area contributed by atoms with E-state index in [0.29, 0.717) is 31.6 Å². The van der Waals surface area contributed by atoms with Crippen LogP contribution in [0.2, 0.25) is 0 Å². The van der Waals surface area contributed by atoms with E-state index in [2.05, 4.69) is 45.7 Å². The van der Waals surface area contributed by atoms with Crippen LogP contribution in [0.25, 0.3) is 0 Å². The Morgan fingerprint density at radius 1 is 0.605 bits per heavy atom. The number of carbonyl (C=O) groups excluding carboxylic acids is 2. The first-order chi connectivity index (χ1) is 18.4. The molecule has 0 aromatic rings. The van der Waals surface area contributed by atoms with Gasteiger partial charge in [-0.3, -0.25) is 9.59 Å². The lowest BCUT2D eigenvalue weighted by molar-refractivity contribution is -0.115. The molecular formula is C26H30Br2O2S8. The number of rotatable bonds is 12. The molecule has 0 unspecified atom stereocenters. The van der Waals surface area contributed by atoms with Gasteiger partial charge in [0.25, 0.3) is 0 Å². The maximum atomic E-state index is 12.9. The zero-order valence-corrected chi connectivity index (χ0v) is 31.0. The summed E-state index contributed by atoms with van der Waals surface area (Å²) in [7, 11) is 0. The van der Waals surface area contributed by atoms with Crippen LogP contribution in [-0.4, -0.2) is 34.6 Å². The quantitative estimate of drug-likeness (QED) is 0.141. The van der Waals surface area contributed by atoms with E-state index in [1.807, 2.05) is 70.6 Å². The smallest absolute Gasteiger partial charge is 0.198 e. The SMILES string of the molecule is CCCCCCSC1=C(SCCCCCC)SC(=C2SC3=C(SCC4=C(CS3)C(=O)C(Br)=C(Br)C4=O)S2)S1. The van der Waals surface area contributed by atoms with Crippen molar-refractivity contribution in [2.24, 2.45) is 0 Å². The minimum Gasteiger partial charge on any atom is -0.288 e. The Balaban J connectivity index is 1.40. The molecule has 0 saturated heterocycles. The Hall–Kier alpha value is 1.80. The second kappa shape index (κ2) is 16.6. The van der Waals surface area contributed by atoms with Crippen LogP contribution >= 0.6 is 126 Å². The van der Waals surface area contributed by atoms with Crippen LogP contribution in [0.15, 0.2) is 45.5 Å². The monoisotopic (exact) mass is 788 g/mol. The first-order valence-electron chi connectivity index (χ1n) is 12.8. The molecule has 38 heavy (non-hydrogen) atoms. The predicted molar refractivity (Wildman–Crippen MR) is 191 cm³/mol. The number of halogens is 2. The number of hydrogen-bond acceptors (Lipinski definition) is 10. The lowest BCUT2D eigenvalue weighted by Crippen LogP contribution is -2.23. The van der Waals surface area contributed by atoms with E-state index in [9.17, 15) is 9.59 Å². The van der Waals surface area contributed by atoms with Gasteiger partial charge >= 0.3 is 0 Å². The van der Waals surface area contributed by atoms with Gasteiger partial charge in [-0.2, -0.15) is 0 Å². The average Bonchev–Trinajstić information content (AvgIpc) is 3.50. The summed E-state index contributed by atoms with van der Waals surface area (Å²) in [6.07, 6.45) is 10.4. The van der Waals surface area contributed by atoms with Crippen LogP contribution in [0.3, 0.4) is 0 Å². The van der Waals surface area contributed by atoms with Crippen LogP contribution in [0.5, 0.6) is 0 Å². The number of unbranched alkanes of at least 4 members (excludes halogenated alkanes) is 6. The second-order valence-electron chi connectivity index (χ2n) is 8.77. The van der Waals surface area contributed by atoms with Gasteiger partial charge in [-0.15, -0.1) is 47.0 Å². The molecule has 0 fully saturated rings. The van der Waals surface area contributed by atoms with E-state index >= 15 is 0 Å². The van der Waals surface area contributed by atoms with E-state index in [0.717, 1.165) is 0 Å². The number of hydrogen-bond donors (Lipinski definition) is 0. The highest BCUT2D eigenvalue weighted by molar-refractivity contribution is 9.14. The van der Waals surface area contributed by atoms with E-state index in [1.165, 1.54) is 88.3 Å². The number of carbonyl (C=O) groups is 2. The fraction of sp³-hybridized carbons (Fsp3) is 0.538. The lowest BCUT2D eigenvalue weighted by atomic mass is 9.97. The average molecular weight is 791 g/mol. The molecule has 0 amide bonds. The van der Waals surface area contributed by atoms with Gasteiger partial charge in [0.05, 0.1) is 34.4 Å². The minimum atomic E-state index is -0.0647. The van der Waals surface area contributed by atoms with E-state index in [-0.39, 0.29) is 11.6 Å². The van der Waals surface area contributed by atoms with Gasteiger partial charge in [-0.25, -0.2) is 0 Å². The number of Topliss-reactive ketones (excluding diaryl/α,β-unsaturated/α-hetero) is 2. The number of thioether (sulfide) groups is 8. The fourth-order valence-corrected chi connectivity index (χ4v) is 16.8. The lowest BCUT2D eigenvalue weighted by Gasteiger charge is -2.21. The summed E-state index contributed by atoms with van der Waals surface area (Å²) in [5, 5.41) is 0. The van der Waals surface area contributed by atoms with Crippen molar-refractivity contribution in [1.82, 2.24) is 0 Å². The summed E-state index contributed by atoms with van der Waals surface area (Å²) in [6.45, 7) is 4.54. The van der Waals surface area contributed by atoms with Gasteiger partial charge in [0, 0.05) is 22.7 Å². The van der Waals surface area contributed by atoms with Crippen molar-refractivity contribution >= 4 is 138 Å². The van der Waals surface area contributed by atoms with Crippen molar-refractivity contribution in [3.8, 4) is 0 Å². The molecule has 0 spiro atoms. The standard InChI is InChI=1S/C26H30Br2O2S8/c1-3-5-7-9-11-31-21-22(32-12-10-8-6-4-2)36-25(35-21)26-37-23-24(38-26)34-14-16-15(13-33-23)19(29)17(27)18(28)20(16)30/h3-14H2,1-2H3. The molecule has 12 heteroatoms. The highest BCUT2D eigenvalue weighted by Crippen LogP contribution is 2.66. The van der Waals surface area contributed by atoms with Gasteiger partial charge in [0.1, 0.15) is 0 Å². The van der Waals surface area contributed by atoms with Crippen LogP contribution < -0.4 is 0 Å². The topological polar surface area (TPSA) is 34.1 Å². The zero-order chi connectivity index (χ0) is 27.1. The van der Waals surface area contributed by atoms with Crippen molar-refractivity contribution in [3.63, 3.8) is 0 Å². The van der Waals surface area contributed by atoms with E-state index in [4.69, 9.17) is 0 Å². The molecule has 4 aliphatic rings. The maximum absolute atomic E-state index is 12.9. The molecule has 2 nitrogen and oxygen atoms in total. The molecule has 3 heterocycles. The molecule has 1 aliphatic carbocycles.